The van der Waals surface area contributed by atoms with Crippen molar-refractivity contribution in [3.8, 4) is 9.88 Å². The molecule has 0 radical (unpaired) electrons. The third-order valence-corrected chi connectivity index (χ3v) is 7.27. The largest absolute Gasteiger partial charge is 0.387 e. The van der Waals surface area contributed by atoms with Crippen LogP contribution in [-0.2, 0) is 6.54 Å². The molecule has 2 heterocycles. The van der Waals surface area contributed by atoms with E-state index in [1.165, 1.54) is 9.75 Å². The van der Waals surface area contributed by atoms with Crippen LogP contribution in [0.3, 0.4) is 0 Å². The Morgan fingerprint density at radius 3 is 3.14 bits per heavy atom. The van der Waals surface area contributed by atoms with Crippen molar-refractivity contribution in [3.05, 3.63) is 28.6 Å². The highest BCUT2D eigenvalue weighted by Gasteiger charge is 2.44. The van der Waals surface area contributed by atoms with E-state index in [9.17, 15) is 5.11 Å². The zero-order chi connectivity index (χ0) is 14.7. The topological polar surface area (TPSA) is 45.1 Å². The van der Waals surface area contributed by atoms with E-state index < -0.39 is 5.60 Å². The van der Waals surface area contributed by atoms with Gasteiger partial charge in [0.25, 0.3) is 0 Å². The molecule has 21 heavy (non-hydrogen) atoms. The second kappa shape index (κ2) is 6.79. The summed E-state index contributed by atoms with van der Waals surface area (Å²) in [5, 5.41) is 17.5. The lowest BCUT2D eigenvalue weighted by Gasteiger charge is -2.45. The van der Waals surface area contributed by atoms with E-state index in [-0.39, 0.29) is 0 Å². The Morgan fingerprint density at radius 1 is 1.57 bits per heavy atom. The molecule has 2 aromatic rings. The minimum Gasteiger partial charge on any atom is -0.387 e. The summed E-state index contributed by atoms with van der Waals surface area (Å²) in [6, 6.07) is 4.15. The van der Waals surface area contributed by atoms with Crippen molar-refractivity contribution in [2.75, 3.05) is 12.3 Å². The van der Waals surface area contributed by atoms with Crippen LogP contribution in [0.2, 0.25) is 0 Å². The van der Waals surface area contributed by atoms with E-state index >= 15 is 0 Å². The standard InChI is InChI=1S/C15H20N2OS3/c1-2-19-13-5-6-15(13,18)10-16-8-11-9-17-14(21-11)12-4-3-7-20-12/h3-4,7,9,13,16,18H,2,5-6,8,10H2,1H3/t13-,15-/m0/s1. The van der Waals surface area contributed by atoms with E-state index in [1.807, 2.05) is 18.0 Å². The highest BCUT2D eigenvalue weighted by atomic mass is 32.2. The number of rotatable bonds is 7. The molecular formula is C15H20N2OS3. The molecule has 6 heteroatoms. The number of hydrogen-bond donors (Lipinski definition) is 2. The Kier molecular flexibility index (Phi) is 5.01. The van der Waals surface area contributed by atoms with Gasteiger partial charge in [0.15, 0.2) is 0 Å². The molecule has 1 aliphatic carbocycles. The molecule has 0 amide bonds. The van der Waals surface area contributed by atoms with Gasteiger partial charge < -0.3 is 10.4 Å². The van der Waals surface area contributed by atoms with Gasteiger partial charge in [0.05, 0.1) is 10.5 Å². The Hall–Kier alpha value is -0.400. The monoisotopic (exact) mass is 340 g/mol. The van der Waals surface area contributed by atoms with E-state index in [0.29, 0.717) is 11.8 Å². The van der Waals surface area contributed by atoms with Gasteiger partial charge in [-0.3, -0.25) is 0 Å². The normalized spacial score (nSPS) is 25.0. The van der Waals surface area contributed by atoms with Gasteiger partial charge in [0, 0.05) is 29.4 Å². The van der Waals surface area contributed by atoms with Crippen molar-refractivity contribution in [3.63, 3.8) is 0 Å². The molecule has 0 unspecified atom stereocenters. The summed E-state index contributed by atoms with van der Waals surface area (Å²) < 4.78 is 0. The quantitative estimate of drug-likeness (QED) is 0.808. The highest BCUT2D eigenvalue weighted by Crippen LogP contribution is 2.40. The number of aliphatic hydroxyl groups is 1. The average Bonchev–Trinajstić information content (AvgIpc) is 3.14. The zero-order valence-electron chi connectivity index (χ0n) is 12.0. The van der Waals surface area contributed by atoms with Crippen LogP contribution < -0.4 is 5.32 Å². The van der Waals surface area contributed by atoms with Gasteiger partial charge in [-0.1, -0.05) is 13.0 Å². The SMILES string of the molecule is CCS[C@H]1CC[C@]1(O)CNCc1cnc(-c2cccs2)s1. The van der Waals surface area contributed by atoms with Crippen molar-refractivity contribution in [1.82, 2.24) is 10.3 Å². The molecule has 3 rings (SSSR count). The Balaban J connectivity index is 1.50. The number of nitrogens with one attached hydrogen (secondary N) is 1. The minimum absolute atomic E-state index is 0.401. The van der Waals surface area contributed by atoms with Crippen LogP contribution in [0.15, 0.2) is 23.7 Å². The molecule has 2 N–H and O–H groups in total. The molecule has 0 bridgehead atoms. The molecule has 1 fully saturated rings. The van der Waals surface area contributed by atoms with Crippen LogP contribution in [0, 0.1) is 0 Å². The number of thiazole rings is 1. The summed E-state index contributed by atoms with van der Waals surface area (Å²) in [6.45, 7) is 3.62. The Morgan fingerprint density at radius 2 is 2.48 bits per heavy atom. The lowest BCUT2D eigenvalue weighted by Crippen LogP contribution is -2.56. The van der Waals surface area contributed by atoms with E-state index in [2.05, 4.69) is 34.7 Å². The molecule has 0 aliphatic heterocycles. The van der Waals surface area contributed by atoms with Crippen molar-refractivity contribution >= 4 is 34.4 Å². The number of aromatic nitrogens is 1. The summed E-state index contributed by atoms with van der Waals surface area (Å²) in [5.41, 5.74) is -0.512. The van der Waals surface area contributed by atoms with Gasteiger partial charge in [-0.25, -0.2) is 4.98 Å². The maximum absolute atomic E-state index is 10.5. The first-order valence-electron chi connectivity index (χ1n) is 7.24. The summed E-state index contributed by atoms with van der Waals surface area (Å²) in [4.78, 5) is 6.92. The number of thiophene rings is 1. The van der Waals surface area contributed by atoms with Gasteiger partial charge in [0.2, 0.25) is 0 Å². The Labute approximate surface area is 137 Å². The first-order chi connectivity index (χ1) is 10.2. The molecule has 1 aliphatic rings. The summed E-state index contributed by atoms with van der Waals surface area (Å²) in [5.74, 6) is 1.08. The first kappa shape index (κ1) is 15.5. The molecule has 0 spiro atoms. The van der Waals surface area contributed by atoms with Gasteiger partial charge in [0.1, 0.15) is 5.01 Å². The van der Waals surface area contributed by atoms with E-state index in [0.717, 1.165) is 30.1 Å². The number of hydrogen-bond acceptors (Lipinski definition) is 6. The molecule has 2 aromatic heterocycles. The first-order valence-corrected chi connectivity index (χ1v) is 9.99. The second-order valence-electron chi connectivity index (χ2n) is 5.30. The van der Waals surface area contributed by atoms with Crippen LogP contribution in [0.25, 0.3) is 9.88 Å². The fraction of sp³-hybridized carbons (Fsp3) is 0.533. The fourth-order valence-electron chi connectivity index (χ4n) is 2.54. The van der Waals surface area contributed by atoms with Crippen molar-refractivity contribution < 1.29 is 5.11 Å². The maximum atomic E-state index is 10.5. The predicted octanol–water partition coefficient (Wildman–Crippen LogP) is 3.61. The predicted molar refractivity (Wildman–Crippen MR) is 93.2 cm³/mol. The average molecular weight is 341 g/mol. The van der Waals surface area contributed by atoms with Crippen molar-refractivity contribution in [1.29, 1.82) is 0 Å². The van der Waals surface area contributed by atoms with Crippen LogP contribution in [0.4, 0.5) is 0 Å². The zero-order valence-corrected chi connectivity index (χ0v) is 14.5. The molecule has 1 saturated carbocycles. The Bertz CT molecular complexity index is 569. The summed E-state index contributed by atoms with van der Waals surface area (Å²) in [6.07, 6.45) is 4.00. The minimum atomic E-state index is -0.512. The maximum Gasteiger partial charge on any atom is 0.133 e. The van der Waals surface area contributed by atoms with E-state index in [1.54, 1.807) is 22.7 Å². The van der Waals surface area contributed by atoms with E-state index in [4.69, 9.17) is 0 Å². The fourth-order valence-corrected chi connectivity index (χ4v) is 5.43. The third kappa shape index (κ3) is 3.51. The molecule has 2 atom stereocenters. The van der Waals surface area contributed by atoms with Crippen molar-refractivity contribution in [2.24, 2.45) is 0 Å². The summed E-state index contributed by atoms with van der Waals surface area (Å²) in [7, 11) is 0. The molecular weight excluding hydrogens is 320 g/mol. The van der Waals surface area contributed by atoms with Crippen molar-refractivity contribution in [2.45, 2.75) is 37.2 Å². The molecule has 3 nitrogen and oxygen atoms in total. The van der Waals surface area contributed by atoms with Crippen LogP contribution in [0.5, 0.6) is 0 Å². The third-order valence-electron chi connectivity index (χ3n) is 3.82. The van der Waals surface area contributed by atoms with Gasteiger partial charge in [-0.2, -0.15) is 11.8 Å². The molecule has 0 saturated heterocycles. The number of thioether (sulfide) groups is 1. The smallest absolute Gasteiger partial charge is 0.133 e. The molecule has 0 aromatic carbocycles. The summed E-state index contributed by atoms with van der Waals surface area (Å²) >= 11 is 5.32. The number of nitrogens with zero attached hydrogens (tertiary/aromatic N) is 1. The van der Waals surface area contributed by atoms with Crippen LogP contribution >= 0.6 is 34.4 Å². The van der Waals surface area contributed by atoms with Crippen LogP contribution in [0.1, 0.15) is 24.6 Å². The lowest BCUT2D eigenvalue weighted by atomic mass is 9.79. The van der Waals surface area contributed by atoms with Gasteiger partial charge >= 0.3 is 0 Å². The highest BCUT2D eigenvalue weighted by molar-refractivity contribution is 8.00. The second-order valence-corrected chi connectivity index (χ2v) is 8.84. The molecule has 114 valence electrons. The van der Waals surface area contributed by atoms with Gasteiger partial charge in [-0.05, 0) is 30.0 Å². The lowest BCUT2D eigenvalue weighted by molar-refractivity contribution is -0.0234. The van der Waals surface area contributed by atoms with Crippen LogP contribution in [-0.4, -0.2) is 33.2 Å². The van der Waals surface area contributed by atoms with Gasteiger partial charge in [-0.15, -0.1) is 22.7 Å².